The van der Waals surface area contributed by atoms with E-state index >= 15 is 0 Å². The first kappa shape index (κ1) is 12.6. The Morgan fingerprint density at radius 3 is 2.88 bits per heavy atom. The van der Waals surface area contributed by atoms with Crippen molar-refractivity contribution in [3.05, 3.63) is 30.1 Å². The normalized spacial score (nSPS) is 14.4. The summed E-state index contributed by atoms with van der Waals surface area (Å²) >= 11 is 0. The molecule has 0 aliphatic heterocycles. The van der Waals surface area contributed by atoms with Crippen LogP contribution in [-0.4, -0.2) is 22.1 Å². The molecule has 1 aromatic rings. The molecule has 0 aromatic carbocycles. The zero-order valence-corrected chi connectivity index (χ0v) is 9.68. The molecule has 0 saturated carbocycles. The molecule has 0 spiro atoms. The van der Waals surface area contributed by atoms with Gasteiger partial charge in [-0.3, -0.25) is 15.1 Å². The minimum atomic E-state index is -0.794. The van der Waals surface area contributed by atoms with Crippen LogP contribution in [-0.2, 0) is 4.79 Å². The summed E-state index contributed by atoms with van der Waals surface area (Å²) in [6.07, 6.45) is 4.95. The van der Waals surface area contributed by atoms with Crippen molar-refractivity contribution in [1.82, 2.24) is 10.3 Å². The van der Waals surface area contributed by atoms with Gasteiger partial charge < -0.3 is 5.11 Å². The molecule has 0 aliphatic carbocycles. The highest BCUT2D eigenvalue weighted by Gasteiger charge is 2.18. The first-order valence-electron chi connectivity index (χ1n) is 5.54. The third-order valence-electron chi connectivity index (χ3n) is 2.51. The van der Waals surface area contributed by atoms with Crippen molar-refractivity contribution in [2.75, 3.05) is 0 Å². The third kappa shape index (κ3) is 3.62. The molecular weight excluding hydrogens is 204 g/mol. The molecule has 0 bridgehead atoms. The van der Waals surface area contributed by atoms with Crippen molar-refractivity contribution in [1.29, 1.82) is 0 Å². The number of hydrogen-bond donors (Lipinski definition) is 2. The first-order chi connectivity index (χ1) is 7.65. The molecule has 4 heteroatoms. The highest BCUT2D eigenvalue weighted by molar-refractivity contribution is 5.73. The van der Waals surface area contributed by atoms with Gasteiger partial charge in [0.05, 0.1) is 0 Å². The second kappa shape index (κ2) is 6.23. The lowest BCUT2D eigenvalue weighted by molar-refractivity contribution is -0.139. The number of aliphatic carboxylic acids is 1. The minimum Gasteiger partial charge on any atom is -0.480 e. The molecular formula is C12H18N2O2. The highest BCUT2D eigenvalue weighted by Crippen LogP contribution is 2.12. The van der Waals surface area contributed by atoms with E-state index in [1.165, 1.54) is 0 Å². The Balaban J connectivity index is 2.61. The van der Waals surface area contributed by atoms with Crippen LogP contribution in [0, 0.1) is 0 Å². The van der Waals surface area contributed by atoms with E-state index in [1.807, 2.05) is 26.0 Å². The number of nitrogens with one attached hydrogen (secondary N) is 1. The van der Waals surface area contributed by atoms with Crippen LogP contribution in [0.5, 0.6) is 0 Å². The van der Waals surface area contributed by atoms with E-state index in [0.717, 1.165) is 12.0 Å². The molecule has 0 aliphatic rings. The Morgan fingerprint density at radius 1 is 1.62 bits per heavy atom. The van der Waals surface area contributed by atoms with E-state index < -0.39 is 12.0 Å². The fraction of sp³-hybridized carbons (Fsp3) is 0.500. The Morgan fingerprint density at radius 2 is 2.38 bits per heavy atom. The van der Waals surface area contributed by atoms with Gasteiger partial charge in [-0.1, -0.05) is 19.4 Å². The molecule has 0 radical (unpaired) electrons. The van der Waals surface area contributed by atoms with Crippen LogP contribution in [0.4, 0.5) is 0 Å². The van der Waals surface area contributed by atoms with E-state index in [-0.39, 0.29) is 6.04 Å². The van der Waals surface area contributed by atoms with Crippen LogP contribution in [0.3, 0.4) is 0 Å². The van der Waals surface area contributed by atoms with Gasteiger partial charge in [0.15, 0.2) is 0 Å². The lowest BCUT2D eigenvalue weighted by Gasteiger charge is -2.19. The van der Waals surface area contributed by atoms with Crippen molar-refractivity contribution < 1.29 is 9.90 Å². The number of carbonyl (C=O) groups is 1. The van der Waals surface area contributed by atoms with Gasteiger partial charge in [0.25, 0.3) is 0 Å². The lowest BCUT2D eigenvalue weighted by atomic mass is 10.1. The average molecular weight is 222 g/mol. The van der Waals surface area contributed by atoms with E-state index in [1.54, 1.807) is 12.4 Å². The van der Waals surface area contributed by atoms with E-state index in [0.29, 0.717) is 6.42 Å². The molecule has 0 amide bonds. The van der Waals surface area contributed by atoms with Crippen LogP contribution in [0.1, 0.15) is 38.3 Å². The zero-order chi connectivity index (χ0) is 12.0. The zero-order valence-electron chi connectivity index (χ0n) is 9.68. The largest absolute Gasteiger partial charge is 0.480 e. The van der Waals surface area contributed by atoms with Gasteiger partial charge in [0.2, 0.25) is 0 Å². The van der Waals surface area contributed by atoms with Crippen molar-refractivity contribution >= 4 is 5.97 Å². The molecule has 2 atom stereocenters. The molecule has 16 heavy (non-hydrogen) atoms. The number of carboxylic acid groups (broad SMARTS) is 1. The second-order valence-corrected chi connectivity index (χ2v) is 3.85. The van der Waals surface area contributed by atoms with E-state index in [2.05, 4.69) is 10.3 Å². The summed E-state index contributed by atoms with van der Waals surface area (Å²) in [4.78, 5) is 15.0. The number of nitrogens with zero attached hydrogens (tertiary/aromatic N) is 1. The molecule has 88 valence electrons. The van der Waals surface area contributed by atoms with Crippen LogP contribution in [0.15, 0.2) is 24.5 Å². The maximum Gasteiger partial charge on any atom is 0.320 e. The Bertz CT molecular complexity index is 327. The summed E-state index contributed by atoms with van der Waals surface area (Å²) in [5, 5.41) is 12.1. The third-order valence-corrected chi connectivity index (χ3v) is 2.51. The molecule has 0 fully saturated rings. The quantitative estimate of drug-likeness (QED) is 0.772. The average Bonchev–Trinajstić information content (AvgIpc) is 2.29. The predicted molar refractivity (Wildman–Crippen MR) is 62.1 cm³/mol. The van der Waals surface area contributed by atoms with Crippen molar-refractivity contribution in [3.8, 4) is 0 Å². The lowest BCUT2D eigenvalue weighted by Crippen LogP contribution is -2.38. The van der Waals surface area contributed by atoms with Crippen LogP contribution < -0.4 is 5.32 Å². The maximum atomic E-state index is 11.0. The van der Waals surface area contributed by atoms with Crippen LogP contribution in [0.2, 0.25) is 0 Å². The van der Waals surface area contributed by atoms with Gasteiger partial charge >= 0.3 is 5.97 Å². The van der Waals surface area contributed by atoms with Gasteiger partial charge in [-0.15, -0.1) is 0 Å². The standard InChI is InChI=1S/C12H18N2O2/c1-3-5-11(12(15)16)14-9(2)10-6-4-7-13-8-10/h4,6-9,11,14H,3,5H2,1-2H3,(H,15,16)/t9-,11?/m0/s1. The number of carboxylic acids is 1. The molecule has 1 unspecified atom stereocenters. The Labute approximate surface area is 95.7 Å². The predicted octanol–water partition coefficient (Wildman–Crippen LogP) is 1.99. The van der Waals surface area contributed by atoms with Gasteiger partial charge in [0, 0.05) is 18.4 Å². The maximum absolute atomic E-state index is 11.0. The van der Waals surface area contributed by atoms with Crippen molar-refractivity contribution in [3.63, 3.8) is 0 Å². The number of rotatable bonds is 6. The molecule has 4 nitrogen and oxygen atoms in total. The smallest absolute Gasteiger partial charge is 0.320 e. The topological polar surface area (TPSA) is 62.2 Å². The Hall–Kier alpha value is -1.42. The van der Waals surface area contributed by atoms with Crippen LogP contribution in [0.25, 0.3) is 0 Å². The van der Waals surface area contributed by atoms with Gasteiger partial charge in [-0.25, -0.2) is 0 Å². The fourth-order valence-corrected chi connectivity index (χ4v) is 1.60. The number of aromatic nitrogens is 1. The van der Waals surface area contributed by atoms with Gasteiger partial charge in [-0.2, -0.15) is 0 Å². The highest BCUT2D eigenvalue weighted by atomic mass is 16.4. The Kier molecular flexibility index (Phi) is 4.92. The molecule has 1 aromatic heterocycles. The molecule has 1 heterocycles. The second-order valence-electron chi connectivity index (χ2n) is 3.85. The van der Waals surface area contributed by atoms with Crippen LogP contribution >= 0.6 is 0 Å². The number of hydrogen-bond acceptors (Lipinski definition) is 3. The first-order valence-corrected chi connectivity index (χ1v) is 5.54. The summed E-state index contributed by atoms with van der Waals surface area (Å²) < 4.78 is 0. The molecule has 1 rings (SSSR count). The summed E-state index contributed by atoms with van der Waals surface area (Å²) in [7, 11) is 0. The van der Waals surface area contributed by atoms with E-state index in [9.17, 15) is 4.79 Å². The SMILES string of the molecule is CCCC(N[C@@H](C)c1cccnc1)C(=O)O. The van der Waals surface area contributed by atoms with Gasteiger partial charge in [0.1, 0.15) is 6.04 Å². The number of pyridine rings is 1. The van der Waals surface area contributed by atoms with Gasteiger partial charge in [-0.05, 0) is 25.0 Å². The summed E-state index contributed by atoms with van der Waals surface area (Å²) in [6, 6.07) is 3.31. The molecule has 0 saturated heterocycles. The molecule has 2 N–H and O–H groups in total. The monoisotopic (exact) mass is 222 g/mol. The summed E-state index contributed by atoms with van der Waals surface area (Å²) in [5.41, 5.74) is 1.00. The van der Waals surface area contributed by atoms with E-state index in [4.69, 9.17) is 5.11 Å². The fourth-order valence-electron chi connectivity index (χ4n) is 1.60. The minimum absolute atomic E-state index is 0.00125. The van der Waals surface area contributed by atoms with Crippen molar-refractivity contribution in [2.24, 2.45) is 0 Å². The summed E-state index contributed by atoms with van der Waals surface area (Å²) in [6.45, 7) is 3.93. The summed E-state index contributed by atoms with van der Waals surface area (Å²) in [5.74, 6) is -0.794. The van der Waals surface area contributed by atoms with Crippen molar-refractivity contribution in [2.45, 2.75) is 38.8 Å².